The lowest BCUT2D eigenvalue weighted by Crippen LogP contribution is -2.03. The molecule has 120 valence electrons. The molecule has 1 heterocycles. The van der Waals surface area contributed by atoms with Crippen molar-refractivity contribution in [1.82, 2.24) is 4.98 Å². The minimum absolute atomic E-state index is 0.0216. The summed E-state index contributed by atoms with van der Waals surface area (Å²) in [5.41, 5.74) is -0.106. The second-order valence-corrected chi connectivity index (χ2v) is 6.76. The van der Waals surface area contributed by atoms with Gasteiger partial charge in [0.05, 0.1) is 4.90 Å². The summed E-state index contributed by atoms with van der Waals surface area (Å²) in [5.74, 6) is -3.65. The summed E-state index contributed by atoms with van der Waals surface area (Å²) in [4.78, 5) is 24.6. The first-order valence-electron chi connectivity index (χ1n) is 6.09. The fourth-order valence-electron chi connectivity index (χ4n) is 1.68. The molecule has 0 atom stereocenters. The second-order valence-electron chi connectivity index (χ2n) is 4.41. The number of benzene rings is 1. The average Bonchev–Trinajstić information content (AvgIpc) is 2.98. The van der Waals surface area contributed by atoms with Crippen molar-refractivity contribution < 1.29 is 28.2 Å². The zero-order valence-electron chi connectivity index (χ0n) is 11.4. The quantitative estimate of drug-likeness (QED) is 0.429. The van der Waals surface area contributed by atoms with Gasteiger partial charge in [-0.1, -0.05) is 11.6 Å². The molecule has 0 spiro atoms. The van der Waals surface area contributed by atoms with Crippen LogP contribution in [0.25, 0.3) is 0 Å². The molecule has 3 N–H and O–H groups in total. The van der Waals surface area contributed by atoms with Crippen LogP contribution in [0.15, 0.2) is 58.3 Å². The second kappa shape index (κ2) is 6.27. The molecule has 1 aromatic carbocycles. The Morgan fingerprint density at radius 3 is 2.30 bits per heavy atom. The number of halogens is 1. The monoisotopic (exact) mass is 355 g/mol. The van der Waals surface area contributed by atoms with Gasteiger partial charge in [-0.05, 0) is 30.3 Å². The molecule has 0 fully saturated rings. The number of hydrogen-bond donors (Lipinski definition) is 3. The number of aromatic amines is 1. The maximum atomic E-state index is 12.4. The lowest BCUT2D eigenvalue weighted by atomic mass is 10.2. The van der Waals surface area contributed by atoms with Crippen molar-refractivity contribution >= 4 is 33.2 Å². The Hall–Kier alpha value is -2.58. The number of carbonyl (C=O) groups excluding carboxylic acids is 1. The predicted octanol–water partition coefficient (Wildman–Crippen LogP) is 2.21. The molecule has 23 heavy (non-hydrogen) atoms. The third-order valence-corrected chi connectivity index (χ3v) is 4.80. The van der Waals surface area contributed by atoms with E-state index in [0.717, 1.165) is 12.3 Å². The van der Waals surface area contributed by atoms with Gasteiger partial charge in [0, 0.05) is 22.9 Å². The summed E-state index contributed by atoms with van der Waals surface area (Å²) in [7, 11) is -3.88. The highest BCUT2D eigenvalue weighted by molar-refractivity contribution is 7.91. The highest BCUT2D eigenvalue weighted by Gasteiger charge is 2.21. The van der Waals surface area contributed by atoms with E-state index in [9.17, 15) is 18.0 Å². The van der Waals surface area contributed by atoms with E-state index in [1.165, 1.54) is 24.3 Å². The minimum Gasteiger partial charge on any atom is -0.502 e. The molecule has 0 aliphatic heterocycles. The van der Waals surface area contributed by atoms with Gasteiger partial charge in [-0.25, -0.2) is 13.2 Å². The number of aliphatic hydroxyl groups excluding tert-OH is 1. The number of sulfone groups is 1. The molecule has 0 saturated heterocycles. The van der Waals surface area contributed by atoms with Crippen LogP contribution in [0.3, 0.4) is 0 Å². The third-order valence-electron chi connectivity index (χ3n) is 2.84. The topological polar surface area (TPSA) is 125 Å². The first kappa shape index (κ1) is 16.8. The van der Waals surface area contributed by atoms with E-state index in [0.29, 0.717) is 11.1 Å². The van der Waals surface area contributed by atoms with Crippen molar-refractivity contribution in [1.29, 1.82) is 0 Å². The predicted molar refractivity (Wildman–Crippen MR) is 80.4 cm³/mol. The van der Waals surface area contributed by atoms with Crippen molar-refractivity contribution in [3.8, 4) is 0 Å². The summed E-state index contributed by atoms with van der Waals surface area (Å²) >= 11 is 5.70. The van der Waals surface area contributed by atoms with Crippen LogP contribution < -0.4 is 0 Å². The SMILES string of the molecule is O=C(O)C(O)=CC(=O)c1c[nH]c(S(=O)(=O)c2ccc(Cl)cc2)c1. The highest BCUT2D eigenvalue weighted by Crippen LogP contribution is 2.22. The minimum atomic E-state index is -3.88. The molecule has 7 nitrogen and oxygen atoms in total. The van der Waals surface area contributed by atoms with Crippen LogP contribution >= 0.6 is 11.6 Å². The van der Waals surface area contributed by atoms with Crippen molar-refractivity contribution in [3.05, 3.63) is 58.9 Å². The molecule has 0 aliphatic carbocycles. The van der Waals surface area contributed by atoms with Crippen LogP contribution in [0.1, 0.15) is 10.4 Å². The fraction of sp³-hybridized carbons (Fsp3) is 0. The Morgan fingerprint density at radius 1 is 1.13 bits per heavy atom. The molecule has 0 unspecified atom stereocenters. The number of nitrogens with one attached hydrogen (secondary N) is 1. The lowest BCUT2D eigenvalue weighted by Gasteiger charge is -2.01. The number of ketones is 1. The van der Waals surface area contributed by atoms with Crippen molar-refractivity contribution in [3.63, 3.8) is 0 Å². The van der Waals surface area contributed by atoms with Crippen LogP contribution in [0, 0.1) is 0 Å². The fourth-order valence-corrected chi connectivity index (χ4v) is 3.05. The summed E-state index contributed by atoms with van der Waals surface area (Å²) in [6, 6.07) is 6.51. The number of rotatable bonds is 5. The number of aliphatic carboxylic acids is 1. The average molecular weight is 356 g/mol. The van der Waals surface area contributed by atoms with Gasteiger partial charge >= 0.3 is 5.97 Å². The van der Waals surface area contributed by atoms with Gasteiger partial charge in [-0.2, -0.15) is 0 Å². The summed E-state index contributed by atoms with van der Waals surface area (Å²) < 4.78 is 24.7. The third kappa shape index (κ3) is 3.61. The number of carboxylic acids is 1. The van der Waals surface area contributed by atoms with E-state index in [4.69, 9.17) is 21.8 Å². The van der Waals surface area contributed by atoms with Crippen molar-refractivity contribution in [2.24, 2.45) is 0 Å². The number of carboxylic acid groups (broad SMARTS) is 1. The number of H-pyrrole nitrogens is 1. The van der Waals surface area contributed by atoms with E-state index in [1.807, 2.05) is 0 Å². The Morgan fingerprint density at radius 2 is 1.74 bits per heavy atom. The Labute approximate surface area is 135 Å². The van der Waals surface area contributed by atoms with Crippen LogP contribution in [0.2, 0.25) is 5.02 Å². The molecular weight excluding hydrogens is 346 g/mol. The molecule has 0 bridgehead atoms. The van der Waals surface area contributed by atoms with Crippen LogP contribution in [0.5, 0.6) is 0 Å². The standard InChI is InChI=1S/C14H10ClNO6S/c15-9-1-3-10(4-2-9)23(21,22)13-5-8(7-16-13)11(17)6-12(18)14(19)20/h1-7,16,18H,(H,19,20). The normalized spacial score (nSPS) is 12.1. The zero-order chi connectivity index (χ0) is 17.2. The maximum Gasteiger partial charge on any atom is 0.371 e. The van der Waals surface area contributed by atoms with Gasteiger partial charge in [-0.15, -0.1) is 0 Å². The van der Waals surface area contributed by atoms with Gasteiger partial charge in [0.25, 0.3) is 0 Å². The van der Waals surface area contributed by atoms with Gasteiger partial charge in [0.2, 0.25) is 15.6 Å². The Bertz CT molecular complexity index is 896. The molecule has 0 saturated carbocycles. The van der Waals surface area contributed by atoms with Gasteiger partial charge in [0.15, 0.2) is 5.78 Å². The molecule has 1 aromatic heterocycles. The largest absolute Gasteiger partial charge is 0.502 e. The smallest absolute Gasteiger partial charge is 0.371 e. The molecular formula is C14H10ClNO6S. The number of hydrogen-bond acceptors (Lipinski definition) is 5. The number of carbonyl (C=O) groups is 2. The van der Waals surface area contributed by atoms with Gasteiger partial charge in [-0.3, -0.25) is 4.79 Å². The van der Waals surface area contributed by atoms with Crippen LogP contribution in [-0.2, 0) is 14.6 Å². The Kier molecular flexibility index (Phi) is 4.57. The van der Waals surface area contributed by atoms with Crippen molar-refractivity contribution in [2.45, 2.75) is 9.92 Å². The van der Waals surface area contributed by atoms with Gasteiger partial charge in [0.1, 0.15) is 5.03 Å². The summed E-state index contributed by atoms with van der Waals surface area (Å²) in [6.07, 6.45) is 1.60. The molecule has 2 aromatic rings. The summed E-state index contributed by atoms with van der Waals surface area (Å²) in [6.45, 7) is 0. The maximum absolute atomic E-state index is 12.4. The van der Waals surface area contributed by atoms with E-state index < -0.39 is 27.3 Å². The number of aliphatic hydroxyl groups is 1. The lowest BCUT2D eigenvalue weighted by molar-refractivity contribution is -0.135. The van der Waals surface area contributed by atoms with Crippen LogP contribution in [-0.4, -0.2) is 35.4 Å². The summed E-state index contributed by atoms with van der Waals surface area (Å²) in [5, 5.41) is 17.7. The molecule has 2 rings (SSSR count). The van der Waals surface area contributed by atoms with Gasteiger partial charge < -0.3 is 15.2 Å². The molecule has 9 heteroatoms. The molecule has 0 aliphatic rings. The van der Waals surface area contributed by atoms with Crippen molar-refractivity contribution in [2.75, 3.05) is 0 Å². The first-order chi connectivity index (χ1) is 10.7. The van der Waals surface area contributed by atoms with E-state index in [1.54, 1.807) is 0 Å². The van der Waals surface area contributed by atoms with E-state index in [-0.39, 0.29) is 15.5 Å². The number of aromatic nitrogens is 1. The first-order valence-corrected chi connectivity index (χ1v) is 7.95. The number of allylic oxidation sites excluding steroid dienone is 1. The Balaban J connectivity index is 2.35. The van der Waals surface area contributed by atoms with E-state index >= 15 is 0 Å². The molecule has 0 radical (unpaired) electrons. The zero-order valence-corrected chi connectivity index (χ0v) is 12.9. The van der Waals surface area contributed by atoms with E-state index in [2.05, 4.69) is 4.98 Å². The highest BCUT2D eigenvalue weighted by atomic mass is 35.5. The molecule has 0 amide bonds. The van der Waals surface area contributed by atoms with Crippen LogP contribution in [0.4, 0.5) is 0 Å².